The zero-order valence-corrected chi connectivity index (χ0v) is 11.6. The Morgan fingerprint density at radius 3 is 2.45 bits per heavy atom. The third-order valence-corrected chi connectivity index (χ3v) is 3.08. The van der Waals surface area contributed by atoms with Gasteiger partial charge in [0.1, 0.15) is 5.75 Å². The van der Waals surface area contributed by atoms with E-state index in [2.05, 4.69) is 4.99 Å². The fraction of sp³-hybridized carbons (Fsp3) is 0. The molecule has 3 rings (SSSR count). The molecule has 108 valence electrons. The second kappa shape index (κ2) is 6.10. The predicted octanol–water partition coefficient (Wildman–Crippen LogP) is 3.40. The summed E-state index contributed by atoms with van der Waals surface area (Å²) in [4.78, 5) is 15.9. The SMILES string of the molecule is O=C1OC(/C=C\c2ccccc2)=NC/1=C/c1ccccc1O. The van der Waals surface area contributed by atoms with Crippen LogP contribution in [0.1, 0.15) is 11.1 Å². The molecule has 22 heavy (non-hydrogen) atoms. The average Bonchev–Trinajstić information content (AvgIpc) is 2.89. The van der Waals surface area contributed by atoms with Crippen LogP contribution in [0.5, 0.6) is 5.75 Å². The van der Waals surface area contributed by atoms with Gasteiger partial charge >= 0.3 is 5.97 Å². The van der Waals surface area contributed by atoms with Crippen LogP contribution >= 0.6 is 0 Å². The lowest BCUT2D eigenvalue weighted by Crippen LogP contribution is -2.01. The Balaban J connectivity index is 1.83. The van der Waals surface area contributed by atoms with E-state index in [-0.39, 0.29) is 17.3 Å². The predicted molar refractivity (Wildman–Crippen MR) is 85.1 cm³/mol. The van der Waals surface area contributed by atoms with Gasteiger partial charge in [0.25, 0.3) is 0 Å². The van der Waals surface area contributed by atoms with Gasteiger partial charge in [0.2, 0.25) is 5.90 Å². The Morgan fingerprint density at radius 2 is 1.68 bits per heavy atom. The Bertz CT molecular complexity index is 789. The summed E-state index contributed by atoms with van der Waals surface area (Å²) in [5.74, 6) is -0.210. The van der Waals surface area contributed by atoms with E-state index in [1.165, 1.54) is 6.08 Å². The summed E-state index contributed by atoms with van der Waals surface area (Å²) in [5, 5.41) is 9.72. The number of rotatable bonds is 3. The molecule has 0 amide bonds. The van der Waals surface area contributed by atoms with Crippen molar-refractivity contribution in [2.24, 2.45) is 4.99 Å². The van der Waals surface area contributed by atoms with Gasteiger partial charge in [0, 0.05) is 11.6 Å². The first kappa shape index (κ1) is 13.8. The first-order valence-corrected chi connectivity index (χ1v) is 6.76. The highest BCUT2D eigenvalue weighted by molar-refractivity contribution is 6.11. The number of carbonyl (C=O) groups excluding carboxylic acids is 1. The van der Waals surface area contributed by atoms with E-state index >= 15 is 0 Å². The molecule has 0 fully saturated rings. The minimum atomic E-state index is -0.532. The summed E-state index contributed by atoms with van der Waals surface area (Å²) in [6, 6.07) is 16.4. The number of phenolic OH excluding ortho intramolecular Hbond substituents is 1. The topological polar surface area (TPSA) is 58.9 Å². The Kier molecular flexibility index (Phi) is 3.83. The molecule has 2 aromatic rings. The summed E-state index contributed by atoms with van der Waals surface area (Å²) >= 11 is 0. The molecule has 4 nitrogen and oxygen atoms in total. The van der Waals surface area contributed by atoms with E-state index in [0.29, 0.717) is 5.56 Å². The molecule has 1 heterocycles. The summed E-state index contributed by atoms with van der Waals surface area (Å²) in [6.07, 6.45) is 4.95. The number of hydrogen-bond donors (Lipinski definition) is 1. The number of phenols is 1. The van der Waals surface area contributed by atoms with Crippen molar-refractivity contribution in [1.29, 1.82) is 0 Å². The quantitative estimate of drug-likeness (QED) is 0.696. The van der Waals surface area contributed by atoms with Crippen LogP contribution in [0.4, 0.5) is 0 Å². The van der Waals surface area contributed by atoms with Gasteiger partial charge in [0.05, 0.1) is 0 Å². The van der Waals surface area contributed by atoms with Crippen LogP contribution < -0.4 is 0 Å². The molecule has 1 aliphatic rings. The number of hydrogen-bond acceptors (Lipinski definition) is 4. The number of cyclic esters (lactones) is 1. The lowest BCUT2D eigenvalue weighted by molar-refractivity contribution is -0.129. The summed E-state index contributed by atoms with van der Waals surface area (Å²) in [5.41, 5.74) is 1.67. The van der Waals surface area contributed by atoms with E-state index in [9.17, 15) is 9.90 Å². The van der Waals surface area contributed by atoms with Crippen LogP contribution in [0, 0.1) is 0 Å². The monoisotopic (exact) mass is 291 g/mol. The van der Waals surface area contributed by atoms with Gasteiger partial charge in [-0.2, -0.15) is 0 Å². The molecule has 1 N–H and O–H groups in total. The number of carbonyl (C=O) groups is 1. The number of para-hydroxylation sites is 1. The van der Waals surface area contributed by atoms with E-state index in [4.69, 9.17) is 4.74 Å². The Labute approximate surface area is 127 Å². The highest BCUT2D eigenvalue weighted by Gasteiger charge is 2.21. The molecule has 0 bridgehead atoms. The maximum absolute atomic E-state index is 11.8. The van der Waals surface area contributed by atoms with Gasteiger partial charge in [-0.1, -0.05) is 48.5 Å². The fourth-order valence-electron chi connectivity index (χ4n) is 1.99. The van der Waals surface area contributed by atoms with Gasteiger partial charge in [0.15, 0.2) is 5.70 Å². The summed E-state index contributed by atoms with van der Waals surface area (Å²) in [6.45, 7) is 0. The molecular formula is C18H13NO3. The van der Waals surface area contributed by atoms with Crippen molar-refractivity contribution in [1.82, 2.24) is 0 Å². The van der Waals surface area contributed by atoms with E-state index < -0.39 is 5.97 Å². The van der Waals surface area contributed by atoms with E-state index in [0.717, 1.165) is 5.56 Å². The first-order chi connectivity index (χ1) is 10.7. The van der Waals surface area contributed by atoms with Gasteiger partial charge in [-0.3, -0.25) is 0 Å². The van der Waals surface area contributed by atoms with Crippen molar-refractivity contribution in [3.8, 4) is 5.75 Å². The van der Waals surface area contributed by atoms with Crippen molar-refractivity contribution in [3.63, 3.8) is 0 Å². The lowest BCUT2D eigenvalue weighted by atomic mass is 10.1. The van der Waals surface area contributed by atoms with Gasteiger partial charge < -0.3 is 9.84 Å². The first-order valence-electron chi connectivity index (χ1n) is 6.76. The molecule has 0 radical (unpaired) electrons. The molecule has 0 saturated carbocycles. The number of aliphatic imine (C=N–C) groups is 1. The summed E-state index contributed by atoms with van der Waals surface area (Å²) < 4.78 is 5.08. The molecule has 2 aromatic carbocycles. The van der Waals surface area contributed by atoms with Gasteiger partial charge in [-0.15, -0.1) is 0 Å². The molecular weight excluding hydrogens is 278 g/mol. The number of benzene rings is 2. The van der Waals surface area contributed by atoms with E-state index in [1.54, 1.807) is 30.3 Å². The van der Waals surface area contributed by atoms with Crippen LogP contribution in [0.15, 0.2) is 71.4 Å². The van der Waals surface area contributed by atoms with Crippen LogP contribution in [0.3, 0.4) is 0 Å². The third kappa shape index (κ3) is 3.12. The van der Waals surface area contributed by atoms with Gasteiger partial charge in [-0.25, -0.2) is 9.79 Å². The number of nitrogens with zero attached hydrogens (tertiary/aromatic N) is 1. The molecule has 0 saturated heterocycles. The van der Waals surface area contributed by atoms with Crippen LogP contribution in [0.2, 0.25) is 0 Å². The molecule has 1 aliphatic heterocycles. The van der Waals surface area contributed by atoms with Crippen LogP contribution in [-0.4, -0.2) is 17.0 Å². The fourth-order valence-corrected chi connectivity index (χ4v) is 1.99. The molecule has 4 heteroatoms. The highest BCUT2D eigenvalue weighted by atomic mass is 16.6. The molecule has 0 atom stereocenters. The maximum Gasteiger partial charge on any atom is 0.363 e. The maximum atomic E-state index is 11.8. The normalized spacial score (nSPS) is 16.1. The number of aromatic hydroxyl groups is 1. The number of ether oxygens (including phenoxy) is 1. The minimum absolute atomic E-state index is 0.0891. The summed E-state index contributed by atoms with van der Waals surface area (Å²) in [7, 11) is 0. The van der Waals surface area contributed by atoms with Crippen molar-refractivity contribution >= 4 is 24.0 Å². The van der Waals surface area contributed by atoms with E-state index in [1.807, 2.05) is 36.4 Å². The molecule has 0 unspecified atom stereocenters. The Morgan fingerprint density at radius 1 is 0.955 bits per heavy atom. The standard InChI is InChI=1S/C18H13NO3/c20-16-9-5-4-8-14(16)12-15-18(21)22-17(19-15)11-10-13-6-2-1-3-7-13/h1-12,20H/b11-10-,15-12+. The zero-order valence-electron chi connectivity index (χ0n) is 11.6. The second-order valence-electron chi connectivity index (χ2n) is 4.67. The molecule has 0 aromatic heterocycles. The third-order valence-electron chi connectivity index (χ3n) is 3.08. The van der Waals surface area contributed by atoms with Crippen LogP contribution in [0.25, 0.3) is 12.2 Å². The van der Waals surface area contributed by atoms with Crippen LogP contribution in [-0.2, 0) is 9.53 Å². The average molecular weight is 291 g/mol. The van der Waals surface area contributed by atoms with Crippen molar-refractivity contribution in [3.05, 3.63) is 77.5 Å². The zero-order chi connectivity index (χ0) is 15.4. The second-order valence-corrected chi connectivity index (χ2v) is 4.67. The Hall–Kier alpha value is -3.14. The molecule has 0 aliphatic carbocycles. The number of esters is 1. The smallest absolute Gasteiger partial charge is 0.363 e. The largest absolute Gasteiger partial charge is 0.507 e. The van der Waals surface area contributed by atoms with Crippen molar-refractivity contribution in [2.75, 3.05) is 0 Å². The highest BCUT2D eigenvalue weighted by Crippen LogP contribution is 2.22. The van der Waals surface area contributed by atoms with Crippen molar-refractivity contribution < 1.29 is 14.6 Å². The minimum Gasteiger partial charge on any atom is -0.507 e. The lowest BCUT2D eigenvalue weighted by Gasteiger charge is -1.97. The van der Waals surface area contributed by atoms with Crippen molar-refractivity contribution in [2.45, 2.75) is 0 Å². The molecule has 0 spiro atoms. The van der Waals surface area contributed by atoms with Gasteiger partial charge in [-0.05, 0) is 23.8 Å².